The van der Waals surface area contributed by atoms with Crippen molar-refractivity contribution in [2.75, 3.05) is 0 Å². The number of hydrogen-bond acceptors (Lipinski definition) is 1. The van der Waals surface area contributed by atoms with Crippen LogP contribution in [0.3, 0.4) is 0 Å². The molecule has 1 aromatic heterocycles. The average Bonchev–Trinajstić information content (AvgIpc) is 2.89. The Bertz CT molecular complexity index is 1170. The first-order valence-electron chi connectivity index (χ1n) is 9.17. The summed E-state index contributed by atoms with van der Waals surface area (Å²) in [6, 6.07) is 26.4. The van der Waals surface area contributed by atoms with E-state index in [1.54, 1.807) is 0 Å². The maximum Gasteiger partial charge on any atom is 0.0711 e. The van der Waals surface area contributed by atoms with E-state index >= 15 is 0 Å². The highest BCUT2D eigenvalue weighted by Crippen LogP contribution is 2.49. The summed E-state index contributed by atoms with van der Waals surface area (Å²) >= 11 is 0. The van der Waals surface area contributed by atoms with Gasteiger partial charge in [-0.2, -0.15) is 0 Å². The highest BCUT2D eigenvalue weighted by Gasteiger charge is 2.35. The first kappa shape index (κ1) is 15.3. The molecular formula is C25H21N. The molecule has 0 saturated carbocycles. The van der Waals surface area contributed by atoms with E-state index in [0.717, 1.165) is 11.2 Å². The third-order valence-corrected chi connectivity index (χ3v) is 5.74. The Labute approximate surface area is 154 Å². The molecule has 26 heavy (non-hydrogen) atoms. The fourth-order valence-corrected chi connectivity index (χ4v) is 4.42. The van der Waals surface area contributed by atoms with Crippen molar-refractivity contribution >= 4 is 10.9 Å². The monoisotopic (exact) mass is 335 g/mol. The van der Waals surface area contributed by atoms with Crippen LogP contribution in [0.2, 0.25) is 0 Å². The van der Waals surface area contributed by atoms with Crippen molar-refractivity contribution in [1.29, 1.82) is 0 Å². The molecule has 0 bridgehead atoms. The second-order valence-electron chi connectivity index (χ2n) is 7.76. The Morgan fingerprint density at radius 1 is 0.692 bits per heavy atom. The molecular weight excluding hydrogens is 314 g/mol. The van der Waals surface area contributed by atoms with Crippen LogP contribution in [0.4, 0.5) is 0 Å². The van der Waals surface area contributed by atoms with Crippen LogP contribution in [0, 0.1) is 6.92 Å². The van der Waals surface area contributed by atoms with E-state index in [2.05, 4.69) is 93.6 Å². The van der Waals surface area contributed by atoms with Crippen molar-refractivity contribution in [3.05, 3.63) is 89.6 Å². The fraction of sp³-hybridized carbons (Fsp3) is 0.160. The van der Waals surface area contributed by atoms with Gasteiger partial charge in [-0.3, -0.25) is 4.98 Å². The lowest BCUT2D eigenvalue weighted by Crippen LogP contribution is -2.14. The van der Waals surface area contributed by atoms with Crippen molar-refractivity contribution in [3.8, 4) is 22.3 Å². The molecule has 1 aliphatic rings. The van der Waals surface area contributed by atoms with Gasteiger partial charge in [-0.25, -0.2) is 0 Å². The number of fused-ring (bicyclic) bond motifs is 4. The number of para-hydroxylation sites is 1. The molecule has 5 rings (SSSR count). The molecule has 0 aliphatic heterocycles. The quantitative estimate of drug-likeness (QED) is 0.386. The lowest BCUT2D eigenvalue weighted by molar-refractivity contribution is 0.660. The zero-order chi connectivity index (χ0) is 17.9. The van der Waals surface area contributed by atoms with Gasteiger partial charge in [-0.05, 0) is 58.5 Å². The Morgan fingerprint density at radius 2 is 1.42 bits per heavy atom. The molecule has 0 amide bonds. The van der Waals surface area contributed by atoms with E-state index in [9.17, 15) is 0 Å². The number of pyridine rings is 1. The smallest absolute Gasteiger partial charge is 0.0711 e. The van der Waals surface area contributed by atoms with Gasteiger partial charge < -0.3 is 0 Å². The average molecular weight is 335 g/mol. The summed E-state index contributed by atoms with van der Waals surface area (Å²) in [5.41, 5.74) is 10.2. The molecule has 1 heterocycles. The third kappa shape index (κ3) is 2.07. The lowest BCUT2D eigenvalue weighted by Gasteiger charge is -2.22. The summed E-state index contributed by atoms with van der Waals surface area (Å²) in [5.74, 6) is 0. The van der Waals surface area contributed by atoms with E-state index in [-0.39, 0.29) is 5.41 Å². The van der Waals surface area contributed by atoms with Crippen LogP contribution in [-0.2, 0) is 5.41 Å². The van der Waals surface area contributed by atoms with E-state index in [1.807, 2.05) is 0 Å². The third-order valence-electron chi connectivity index (χ3n) is 5.74. The molecule has 1 aliphatic carbocycles. The second-order valence-corrected chi connectivity index (χ2v) is 7.76. The van der Waals surface area contributed by atoms with Crippen LogP contribution >= 0.6 is 0 Å². The summed E-state index contributed by atoms with van der Waals surface area (Å²) < 4.78 is 0. The summed E-state index contributed by atoms with van der Waals surface area (Å²) in [5, 5.41) is 1.21. The van der Waals surface area contributed by atoms with Crippen molar-refractivity contribution < 1.29 is 0 Å². The normalized spacial score (nSPS) is 14.3. The highest BCUT2D eigenvalue weighted by atomic mass is 14.7. The number of aromatic nitrogens is 1. The minimum absolute atomic E-state index is 0.0276. The van der Waals surface area contributed by atoms with Crippen molar-refractivity contribution in [2.45, 2.75) is 26.2 Å². The van der Waals surface area contributed by atoms with Gasteiger partial charge in [-0.1, -0.05) is 68.4 Å². The largest absolute Gasteiger partial charge is 0.253 e. The standard InChI is InChI=1S/C25H21N/c1-16-14-21(20-9-5-7-11-24(20)26-16)17-12-13-19-18-8-4-6-10-22(18)25(2,3)23(19)15-17/h4-15H,1-3H3. The molecule has 126 valence electrons. The minimum atomic E-state index is 0.0276. The van der Waals surface area contributed by atoms with E-state index in [1.165, 1.54) is 38.8 Å². The number of nitrogens with zero attached hydrogens (tertiary/aromatic N) is 1. The number of hydrogen-bond donors (Lipinski definition) is 0. The molecule has 4 aromatic rings. The predicted octanol–water partition coefficient (Wildman–Crippen LogP) is 6.52. The minimum Gasteiger partial charge on any atom is -0.253 e. The first-order chi connectivity index (χ1) is 12.6. The van der Waals surface area contributed by atoms with Gasteiger partial charge in [0.15, 0.2) is 0 Å². The molecule has 0 N–H and O–H groups in total. The van der Waals surface area contributed by atoms with Crippen molar-refractivity contribution in [2.24, 2.45) is 0 Å². The molecule has 0 radical (unpaired) electrons. The second kappa shape index (κ2) is 5.28. The number of aryl methyl sites for hydroxylation is 1. The van der Waals surface area contributed by atoms with Gasteiger partial charge in [0.2, 0.25) is 0 Å². The predicted molar refractivity (Wildman–Crippen MR) is 109 cm³/mol. The maximum atomic E-state index is 4.70. The number of benzene rings is 3. The topological polar surface area (TPSA) is 12.9 Å². The van der Waals surface area contributed by atoms with Gasteiger partial charge in [0.25, 0.3) is 0 Å². The Kier molecular flexibility index (Phi) is 3.12. The first-order valence-corrected chi connectivity index (χ1v) is 9.17. The van der Waals surface area contributed by atoms with Gasteiger partial charge in [0.05, 0.1) is 5.52 Å². The summed E-state index contributed by atoms with van der Waals surface area (Å²) in [4.78, 5) is 4.70. The van der Waals surface area contributed by atoms with E-state index < -0.39 is 0 Å². The summed E-state index contributed by atoms with van der Waals surface area (Å²) in [6.45, 7) is 6.73. The Hall–Kier alpha value is -2.93. The summed E-state index contributed by atoms with van der Waals surface area (Å²) in [7, 11) is 0. The fourth-order valence-electron chi connectivity index (χ4n) is 4.42. The SMILES string of the molecule is Cc1cc(-c2ccc3c(c2)C(C)(C)c2ccccc2-3)c2ccccc2n1. The van der Waals surface area contributed by atoms with Crippen LogP contribution in [0.15, 0.2) is 72.8 Å². The Morgan fingerprint density at radius 3 is 2.31 bits per heavy atom. The van der Waals surface area contributed by atoms with E-state index in [0.29, 0.717) is 0 Å². The van der Waals surface area contributed by atoms with Gasteiger partial charge in [0, 0.05) is 16.5 Å². The molecule has 0 saturated heterocycles. The zero-order valence-electron chi connectivity index (χ0n) is 15.4. The molecule has 1 heteroatoms. The lowest BCUT2D eigenvalue weighted by atomic mass is 9.81. The van der Waals surface area contributed by atoms with Gasteiger partial charge in [0.1, 0.15) is 0 Å². The zero-order valence-corrected chi connectivity index (χ0v) is 15.4. The molecule has 0 atom stereocenters. The maximum absolute atomic E-state index is 4.70. The van der Waals surface area contributed by atoms with Crippen molar-refractivity contribution in [3.63, 3.8) is 0 Å². The van der Waals surface area contributed by atoms with Gasteiger partial charge in [-0.15, -0.1) is 0 Å². The molecule has 0 fully saturated rings. The summed E-state index contributed by atoms with van der Waals surface area (Å²) in [6.07, 6.45) is 0. The molecule has 3 aromatic carbocycles. The van der Waals surface area contributed by atoms with Crippen LogP contribution in [0.5, 0.6) is 0 Å². The van der Waals surface area contributed by atoms with Crippen molar-refractivity contribution in [1.82, 2.24) is 4.98 Å². The molecule has 0 unspecified atom stereocenters. The van der Waals surface area contributed by atoms with Gasteiger partial charge >= 0.3 is 0 Å². The molecule has 0 spiro atoms. The van der Waals surface area contributed by atoms with Crippen LogP contribution < -0.4 is 0 Å². The number of rotatable bonds is 1. The Balaban J connectivity index is 1.77. The molecule has 1 nitrogen and oxygen atoms in total. The van der Waals surface area contributed by atoms with E-state index in [4.69, 9.17) is 4.98 Å². The van der Waals surface area contributed by atoms with Crippen LogP contribution in [0.25, 0.3) is 33.2 Å². The van der Waals surface area contributed by atoms with Crippen LogP contribution in [0.1, 0.15) is 30.7 Å². The highest BCUT2D eigenvalue weighted by molar-refractivity contribution is 5.96. The van der Waals surface area contributed by atoms with Crippen LogP contribution in [-0.4, -0.2) is 4.98 Å².